The lowest BCUT2D eigenvalue weighted by atomic mass is 9.87. The lowest BCUT2D eigenvalue weighted by molar-refractivity contribution is 0.338. The Hall–Kier alpha value is -0.440. The van der Waals surface area contributed by atoms with Crippen LogP contribution in [-0.2, 0) is 0 Å². The van der Waals surface area contributed by atoms with Crippen LogP contribution in [-0.4, -0.2) is 14.2 Å². The predicted octanol–water partition coefficient (Wildman–Crippen LogP) is 5.48. The van der Waals surface area contributed by atoms with Crippen LogP contribution in [0.1, 0.15) is 51.1 Å². The van der Waals surface area contributed by atoms with Crippen molar-refractivity contribution in [3.8, 4) is 5.75 Å². The maximum Gasteiger partial charge on any atom is 0.138 e. The SMILES string of the molecule is CCCCC(CC)C(NC)c1cc(Cl)c(OC)cc1Cl. The quantitative estimate of drug-likeness (QED) is 0.685. The molecule has 1 rings (SSSR count). The Morgan fingerprint density at radius 3 is 2.40 bits per heavy atom. The lowest BCUT2D eigenvalue weighted by Crippen LogP contribution is -2.25. The molecule has 0 aliphatic heterocycles. The van der Waals surface area contributed by atoms with Crippen LogP contribution in [0.3, 0.4) is 0 Å². The molecule has 0 spiro atoms. The molecule has 0 radical (unpaired) electrons. The number of hydrogen-bond donors (Lipinski definition) is 1. The van der Waals surface area contributed by atoms with Gasteiger partial charge in [0.25, 0.3) is 0 Å². The van der Waals surface area contributed by atoms with E-state index in [4.69, 9.17) is 27.9 Å². The molecule has 1 N–H and O–H groups in total. The fourth-order valence-electron chi connectivity index (χ4n) is 2.66. The van der Waals surface area contributed by atoms with Gasteiger partial charge in [-0.25, -0.2) is 0 Å². The van der Waals surface area contributed by atoms with E-state index in [0.717, 1.165) is 12.0 Å². The molecule has 1 aromatic carbocycles. The molecule has 2 nitrogen and oxygen atoms in total. The Bertz CT molecular complexity index is 423. The standard InChI is InChI=1S/C16H25Cl2NO/c1-5-7-8-11(6-2)16(19-3)12-9-14(18)15(20-4)10-13(12)17/h9-11,16,19H,5-8H2,1-4H3. The normalized spacial score (nSPS) is 14.1. The molecule has 1 aromatic rings. The molecule has 0 bridgehead atoms. The first-order valence-electron chi connectivity index (χ1n) is 7.29. The third kappa shape index (κ3) is 4.28. The van der Waals surface area contributed by atoms with Crippen LogP contribution in [0.4, 0.5) is 0 Å². The third-order valence-electron chi connectivity index (χ3n) is 3.84. The van der Waals surface area contributed by atoms with Gasteiger partial charge in [0.1, 0.15) is 5.75 Å². The molecule has 0 aromatic heterocycles. The summed E-state index contributed by atoms with van der Waals surface area (Å²) in [7, 11) is 3.58. The topological polar surface area (TPSA) is 21.3 Å². The maximum absolute atomic E-state index is 6.41. The summed E-state index contributed by atoms with van der Waals surface area (Å²) in [6.07, 6.45) is 4.76. The van der Waals surface area contributed by atoms with Crippen LogP contribution in [0.15, 0.2) is 12.1 Å². The minimum absolute atomic E-state index is 0.224. The first kappa shape index (κ1) is 17.6. The van der Waals surface area contributed by atoms with Crippen molar-refractivity contribution in [1.82, 2.24) is 5.32 Å². The molecule has 114 valence electrons. The highest BCUT2D eigenvalue weighted by molar-refractivity contribution is 6.34. The van der Waals surface area contributed by atoms with Gasteiger partial charge in [-0.2, -0.15) is 0 Å². The van der Waals surface area contributed by atoms with Crippen molar-refractivity contribution in [2.45, 2.75) is 45.6 Å². The summed E-state index contributed by atoms with van der Waals surface area (Å²) < 4.78 is 5.21. The number of halogens is 2. The summed E-state index contributed by atoms with van der Waals surface area (Å²) in [5, 5.41) is 4.72. The monoisotopic (exact) mass is 317 g/mol. The van der Waals surface area contributed by atoms with Gasteiger partial charge < -0.3 is 10.1 Å². The van der Waals surface area contributed by atoms with E-state index in [0.29, 0.717) is 21.7 Å². The molecule has 0 amide bonds. The Morgan fingerprint density at radius 2 is 1.90 bits per heavy atom. The van der Waals surface area contributed by atoms with E-state index in [2.05, 4.69) is 19.2 Å². The molecule has 0 aliphatic rings. The van der Waals surface area contributed by atoms with E-state index in [1.54, 1.807) is 13.2 Å². The lowest BCUT2D eigenvalue weighted by Gasteiger charge is -2.27. The molecular formula is C16H25Cl2NO. The minimum atomic E-state index is 0.224. The second-order valence-corrected chi connectivity index (χ2v) is 5.90. The third-order valence-corrected chi connectivity index (χ3v) is 4.46. The highest BCUT2D eigenvalue weighted by atomic mass is 35.5. The molecule has 0 saturated carbocycles. The average Bonchev–Trinajstić information content (AvgIpc) is 2.46. The Kier molecular flexibility index (Phi) is 7.71. The van der Waals surface area contributed by atoms with Gasteiger partial charge >= 0.3 is 0 Å². The van der Waals surface area contributed by atoms with Crippen molar-refractivity contribution in [2.24, 2.45) is 5.92 Å². The zero-order chi connectivity index (χ0) is 15.1. The van der Waals surface area contributed by atoms with Crippen LogP contribution in [0.25, 0.3) is 0 Å². The number of ether oxygens (including phenoxy) is 1. The smallest absolute Gasteiger partial charge is 0.138 e. The molecule has 4 heteroatoms. The molecular weight excluding hydrogens is 293 g/mol. The van der Waals surface area contributed by atoms with Gasteiger partial charge in [0.05, 0.1) is 12.1 Å². The fourth-order valence-corrected chi connectivity index (χ4v) is 3.18. The number of benzene rings is 1. The van der Waals surface area contributed by atoms with E-state index in [1.165, 1.54) is 19.3 Å². The summed E-state index contributed by atoms with van der Waals surface area (Å²) in [6, 6.07) is 3.96. The molecule has 0 saturated heterocycles. The van der Waals surface area contributed by atoms with Crippen molar-refractivity contribution < 1.29 is 4.74 Å². The highest BCUT2D eigenvalue weighted by Gasteiger charge is 2.23. The second-order valence-electron chi connectivity index (χ2n) is 5.09. The first-order chi connectivity index (χ1) is 9.58. The van der Waals surface area contributed by atoms with Crippen LogP contribution in [0.2, 0.25) is 10.0 Å². The van der Waals surface area contributed by atoms with E-state index in [-0.39, 0.29) is 6.04 Å². The molecule has 0 aliphatic carbocycles. The summed E-state index contributed by atoms with van der Waals surface area (Å²) in [6.45, 7) is 4.45. The first-order valence-corrected chi connectivity index (χ1v) is 8.04. The van der Waals surface area contributed by atoms with Crippen LogP contribution >= 0.6 is 23.2 Å². The molecule has 2 atom stereocenters. The number of unbranched alkanes of at least 4 members (excludes halogenated alkanes) is 1. The van der Waals surface area contributed by atoms with Crippen LogP contribution < -0.4 is 10.1 Å². The zero-order valence-electron chi connectivity index (χ0n) is 12.8. The van der Waals surface area contributed by atoms with Crippen LogP contribution in [0.5, 0.6) is 5.75 Å². The van der Waals surface area contributed by atoms with E-state index in [1.807, 2.05) is 13.1 Å². The van der Waals surface area contributed by atoms with Gasteiger partial charge in [0.15, 0.2) is 0 Å². The Balaban J connectivity index is 3.07. The van der Waals surface area contributed by atoms with Crippen molar-refractivity contribution in [1.29, 1.82) is 0 Å². The van der Waals surface area contributed by atoms with E-state index in [9.17, 15) is 0 Å². The van der Waals surface area contributed by atoms with E-state index >= 15 is 0 Å². The molecule has 0 fully saturated rings. The van der Waals surface area contributed by atoms with Crippen molar-refractivity contribution in [2.75, 3.05) is 14.2 Å². The van der Waals surface area contributed by atoms with Crippen molar-refractivity contribution in [3.05, 3.63) is 27.7 Å². The van der Waals surface area contributed by atoms with Gasteiger partial charge in [-0.3, -0.25) is 0 Å². The average molecular weight is 318 g/mol. The Morgan fingerprint density at radius 1 is 1.20 bits per heavy atom. The van der Waals surface area contributed by atoms with Gasteiger partial charge in [-0.05, 0) is 31.0 Å². The van der Waals surface area contributed by atoms with Gasteiger partial charge in [0, 0.05) is 17.1 Å². The Labute approximate surface area is 132 Å². The second kappa shape index (κ2) is 8.76. The summed E-state index contributed by atoms with van der Waals surface area (Å²) in [5.74, 6) is 1.18. The summed E-state index contributed by atoms with van der Waals surface area (Å²) in [4.78, 5) is 0. The van der Waals surface area contributed by atoms with Gasteiger partial charge in [-0.15, -0.1) is 0 Å². The number of hydrogen-bond acceptors (Lipinski definition) is 2. The van der Waals surface area contributed by atoms with Crippen molar-refractivity contribution in [3.63, 3.8) is 0 Å². The number of methoxy groups -OCH3 is 1. The maximum atomic E-state index is 6.41. The summed E-state index contributed by atoms with van der Waals surface area (Å²) in [5.41, 5.74) is 1.06. The minimum Gasteiger partial charge on any atom is -0.495 e. The number of nitrogens with one attached hydrogen (secondary N) is 1. The zero-order valence-corrected chi connectivity index (χ0v) is 14.3. The van der Waals surface area contributed by atoms with E-state index < -0.39 is 0 Å². The number of rotatable bonds is 8. The van der Waals surface area contributed by atoms with Crippen LogP contribution in [0, 0.1) is 5.92 Å². The fraction of sp³-hybridized carbons (Fsp3) is 0.625. The molecule has 20 heavy (non-hydrogen) atoms. The predicted molar refractivity (Wildman–Crippen MR) is 88.1 cm³/mol. The van der Waals surface area contributed by atoms with Gasteiger partial charge in [0.2, 0.25) is 0 Å². The molecule has 2 unspecified atom stereocenters. The van der Waals surface area contributed by atoms with Crippen molar-refractivity contribution >= 4 is 23.2 Å². The van der Waals surface area contributed by atoms with Gasteiger partial charge in [-0.1, -0.05) is 56.3 Å². The highest BCUT2D eigenvalue weighted by Crippen LogP contribution is 2.38. The summed E-state index contributed by atoms with van der Waals surface area (Å²) >= 11 is 12.7. The largest absolute Gasteiger partial charge is 0.495 e. The molecule has 0 heterocycles.